The second kappa shape index (κ2) is 11.5. The van der Waals surface area contributed by atoms with E-state index in [4.69, 9.17) is 4.74 Å². The maximum Gasteiger partial charge on any atom is 0.253 e. The first-order valence-electron chi connectivity index (χ1n) is 14.4. The lowest BCUT2D eigenvalue weighted by molar-refractivity contribution is 0.0765. The minimum absolute atomic E-state index is 0.0427. The number of carbonyl (C=O) groups is 2. The summed E-state index contributed by atoms with van der Waals surface area (Å²) < 4.78 is 6.51. The van der Waals surface area contributed by atoms with Crippen LogP contribution < -0.4 is 4.74 Å². The Balaban J connectivity index is 1.60. The Bertz CT molecular complexity index is 1430. The summed E-state index contributed by atoms with van der Waals surface area (Å²) in [6, 6.07) is 28.7. The van der Waals surface area contributed by atoms with Crippen molar-refractivity contribution in [3.63, 3.8) is 0 Å². The van der Waals surface area contributed by atoms with Gasteiger partial charge in [0.25, 0.3) is 11.8 Å². The number of carbonyl (C=O) groups excluding carboxylic acids is 2. The maximum atomic E-state index is 13.0. The lowest BCUT2D eigenvalue weighted by atomic mass is 9.69. The Morgan fingerprint density at radius 2 is 1.18 bits per heavy atom. The van der Waals surface area contributed by atoms with Crippen LogP contribution in [0.5, 0.6) is 5.75 Å². The van der Waals surface area contributed by atoms with Crippen molar-refractivity contribution in [3.05, 3.63) is 113 Å². The summed E-state index contributed by atoms with van der Waals surface area (Å²) in [7, 11) is 0. The molecule has 1 aliphatic rings. The molecule has 0 aliphatic carbocycles. The number of hydrogen-bond donors (Lipinski definition) is 0. The number of hydrogen-bond acceptors (Lipinski definition) is 3. The zero-order chi connectivity index (χ0) is 28.3. The standard InChI is InChI=1S/C35H38N2O3/c1-5-36(6-2)33(38)26-13-18-28(19-14-26)35(29-20-15-27(16-21-29)34(39)37(7-3)8-4)23-31-30-12-10-9-11-25(30)17-22-32(31)40-24-35/h9-22H,5-8,23-24H2,1-4H3. The van der Waals surface area contributed by atoms with Gasteiger partial charge >= 0.3 is 0 Å². The third kappa shape index (κ3) is 4.85. The predicted octanol–water partition coefficient (Wildman–Crippen LogP) is 6.73. The zero-order valence-corrected chi connectivity index (χ0v) is 23.9. The first-order valence-corrected chi connectivity index (χ1v) is 14.4. The van der Waals surface area contributed by atoms with Crippen molar-refractivity contribution >= 4 is 22.6 Å². The van der Waals surface area contributed by atoms with Gasteiger partial charge in [-0.25, -0.2) is 0 Å². The molecule has 4 aromatic rings. The van der Waals surface area contributed by atoms with Crippen LogP contribution in [0.3, 0.4) is 0 Å². The predicted molar refractivity (Wildman–Crippen MR) is 161 cm³/mol. The van der Waals surface area contributed by atoms with Gasteiger partial charge in [0.2, 0.25) is 0 Å². The highest BCUT2D eigenvalue weighted by Gasteiger charge is 2.40. The van der Waals surface area contributed by atoms with Crippen LogP contribution in [0.25, 0.3) is 10.8 Å². The molecule has 0 spiro atoms. The fraction of sp³-hybridized carbons (Fsp3) is 0.314. The van der Waals surface area contributed by atoms with Gasteiger partial charge in [-0.1, -0.05) is 54.6 Å². The highest BCUT2D eigenvalue weighted by Crippen LogP contribution is 2.44. The molecule has 0 saturated heterocycles. The summed E-state index contributed by atoms with van der Waals surface area (Å²) in [5, 5.41) is 2.37. The van der Waals surface area contributed by atoms with E-state index in [2.05, 4.69) is 60.7 Å². The largest absolute Gasteiger partial charge is 0.492 e. The van der Waals surface area contributed by atoms with Gasteiger partial charge in [0, 0.05) is 42.9 Å². The average Bonchev–Trinajstić information content (AvgIpc) is 3.02. The molecule has 40 heavy (non-hydrogen) atoms. The smallest absolute Gasteiger partial charge is 0.253 e. The Labute approximate surface area is 237 Å². The summed E-state index contributed by atoms with van der Waals surface area (Å²) in [5.74, 6) is 0.998. The molecule has 2 amide bonds. The minimum Gasteiger partial charge on any atom is -0.492 e. The molecule has 206 valence electrons. The highest BCUT2D eigenvalue weighted by molar-refractivity contribution is 5.95. The van der Waals surface area contributed by atoms with Crippen LogP contribution in [0.2, 0.25) is 0 Å². The van der Waals surface area contributed by atoms with Gasteiger partial charge in [-0.2, -0.15) is 0 Å². The molecule has 1 heterocycles. The summed E-state index contributed by atoms with van der Waals surface area (Å²) in [6.07, 6.45) is 0.746. The normalized spacial score (nSPS) is 13.8. The molecule has 1 aliphatic heterocycles. The van der Waals surface area contributed by atoms with Crippen LogP contribution in [0, 0.1) is 0 Å². The van der Waals surface area contributed by atoms with Gasteiger partial charge in [0.05, 0.1) is 5.41 Å². The molecule has 0 saturated carbocycles. The van der Waals surface area contributed by atoms with E-state index in [0.29, 0.717) is 43.9 Å². The maximum absolute atomic E-state index is 13.0. The van der Waals surface area contributed by atoms with E-state index in [0.717, 1.165) is 23.3 Å². The third-order valence-electron chi connectivity index (χ3n) is 8.42. The van der Waals surface area contributed by atoms with Gasteiger partial charge in [-0.15, -0.1) is 0 Å². The summed E-state index contributed by atoms with van der Waals surface area (Å²) >= 11 is 0. The molecule has 0 N–H and O–H groups in total. The van der Waals surface area contributed by atoms with Crippen molar-refractivity contribution < 1.29 is 14.3 Å². The Morgan fingerprint density at radius 3 is 1.68 bits per heavy atom. The van der Waals surface area contributed by atoms with Gasteiger partial charge in [0.1, 0.15) is 12.4 Å². The zero-order valence-electron chi connectivity index (χ0n) is 23.9. The first-order chi connectivity index (χ1) is 19.4. The molecule has 5 rings (SSSR count). The number of nitrogens with zero attached hydrogens (tertiary/aromatic N) is 2. The molecule has 4 aromatic carbocycles. The van der Waals surface area contributed by atoms with Crippen LogP contribution in [-0.2, 0) is 11.8 Å². The van der Waals surface area contributed by atoms with E-state index >= 15 is 0 Å². The van der Waals surface area contributed by atoms with Crippen molar-refractivity contribution in [2.75, 3.05) is 32.8 Å². The Hall–Kier alpha value is -4.12. The van der Waals surface area contributed by atoms with Crippen LogP contribution in [0.4, 0.5) is 0 Å². The molecule has 0 radical (unpaired) electrons. The van der Waals surface area contributed by atoms with E-state index in [1.54, 1.807) is 0 Å². The quantitative estimate of drug-likeness (QED) is 0.252. The topological polar surface area (TPSA) is 49.9 Å². The van der Waals surface area contributed by atoms with Crippen LogP contribution in [0.15, 0.2) is 84.9 Å². The van der Waals surface area contributed by atoms with Gasteiger partial charge < -0.3 is 14.5 Å². The number of amides is 2. The Kier molecular flexibility index (Phi) is 7.92. The van der Waals surface area contributed by atoms with Gasteiger partial charge in [0.15, 0.2) is 0 Å². The van der Waals surface area contributed by atoms with Gasteiger partial charge in [-0.05, 0) is 86.3 Å². The fourth-order valence-corrected chi connectivity index (χ4v) is 5.98. The molecule has 5 nitrogen and oxygen atoms in total. The molecule has 5 heteroatoms. The van der Waals surface area contributed by atoms with E-state index in [9.17, 15) is 9.59 Å². The van der Waals surface area contributed by atoms with E-state index < -0.39 is 5.41 Å². The van der Waals surface area contributed by atoms with E-state index in [-0.39, 0.29) is 11.8 Å². The first kappa shape index (κ1) is 27.4. The number of ether oxygens (including phenoxy) is 1. The highest BCUT2D eigenvalue weighted by atomic mass is 16.5. The molecule has 0 unspecified atom stereocenters. The molecular weight excluding hydrogens is 496 g/mol. The lowest BCUT2D eigenvalue weighted by Gasteiger charge is -2.40. The Morgan fingerprint density at radius 1 is 0.675 bits per heavy atom. The van der Waals surface area contributed by atoms with Crippen molar-refractivity contribution in [2.45, 2.75) is 39.5 Å². The molecule has 0 atom stereocenters. The van der Waals surface area contributed by atoms with Crippen LogP contribution in [-0.4, -0.2) is 54.4 Å². The number of benzene rings is 4. The van der Waals surface area contributed by atoms with Gasteiger partial charge in [-0.3, -0.25) is 9.59 Å². The summed E-state index contributed by atoms with van der Waals surface area (Å²) in [4.78, 5) is 29.7. The average molecular weight is 535 g/mol. The second-order valence-corrected chi connectivity index (χ2v) is 10.4. The SMILES string of the molecule is CCN(CC)C(=O)c1ccc(C2(c3ccc(C(=O)N(CC)CC)cc3)COc3ccc4ccccc4c3C2)cc1. The monoisotopic (exact) mass is 534 g/mol. The minimum atomic E-state index is -0.481. The fourth-order valence-electron chi connectivity index (χ4n) is 5.98. The van der Waals surface area contributed by atoms with Crippen molar-refractivity contribution in [1.29, 1.82) is 0 Å². The van der Waals surface area contributed by atoms with Crippen molar-refractivity contribution in [2.24, 2.45) is 0 Å². The van der Waals surface area contributed by atoms with E-state index in [1.807, 2.05) is 61.8 Å². The van der Waals surface area contributed by atoms with E-state index in [1.165, 1.54) is 16.3 Å². The molecule has 0 fully saturated rings. The number of rotatable bonds is 8. The summed E-state index contributed by atoms with van der Waals surface area (Å²) in [6.45, 7) is 11.2. The molecular formula is C35H38N2O3. The molecule has 0 aromatic heterocycles. The second-order valence-electron chi connectivity index (χ2n) is 10.4. The van der Waals surface area contributed by atoms with Crippen molar-refractivity contribution in [3.8, 4) is 5.75 Å². The molecule has 0 bridgehead atoms. The van der Waals surface area contributed by atoms with Crippen LogP contribution >= 0.6 is 0 Å². The van der Waals surface area contributed by atoms with Crippen LogP contribution in [0.1, 0.15) is 65.1 Å². The van der Waals surface area contributed by atoms with Crippen molar-refractivity contribution in [1.82, 2.24) is 9.80 Å². The summed E-state index contributed by atoms with van der Waals surface area (Å²) in [5.41, 5.74) is 4.24. The third-order valence-corrected chi connectivity index (χ3v) is 8.42. The number of fused-ring (bicyclic) bond motifs is 3. The lowest BCUT2D eigenvalue weighted by Crippen LogP contribution is -2.40.